The Morgan fingerprint density at radius 2 is 1.64 bits per heavy atom. The van der Waals surface area contributed by atoms with Gasteiger partial charge in [-0.05, 0) is 42.0 Å². The van der Waals surface area contributed by atoms with Gasteiger partial charge in [-0.3, -0.25) is 9.62 Å². The van der Waals surface area contributed by atoms with E-state index in [4.69, 9.17) is 9.47 Å². The normalized spacial score (nSPS) is 16.5. The summed E-state index contributed by atoms with van der Waals surface area (Å²) < 4.78 is 44.9. The molecule has 0 amide bonds. The molecule has 2 aliphatic rings. The molecule has 0 spiro atoms. The van der Waals surface area contributed by atoms with Crippen molar-refractivity contribution in [1.29, 1.82) is 0 Å². The summed E-state index contributed by atoms with van der Waals surface area (Å²) in [6.07, 6.45) is 0. The number of rotatable bonds is 5. The molecule has 0 atom stereocenters. The zero-order chi connectivity index (χ0) is 18.9. The second-order valence-corrected chi connectivity index (χ2v) is 7.67. The Hall–Kier alpha value is -1.49. The van der Waals surface area contributed by atoms with Crippen LogP contribution in [-0.2, 0) is 16.8 Å². The number of ether oxygens (including phenoxy) is 2. The summed E-state index contributed by atoms with van der Waals surface area (Å²) in [5.74, 6) is 1.60. The summed E-state index contributed by atoms with van der Waals surface area (Å²) in [7, 11) is -4.49. The molecule has 144 valence electrons. The Bertz CT molecular complexity index is 915. The molecule has 2 aromatic carbocycles. The van der Waals surface area contributed by atoms with Crippen LogP contribution in [0.4, 0.5) is 11.4 Å². The second kappa shape index (κ2) is 8.89. The van der Waals surface area contributed by atoms with Crippen LogP contribution in [0.2, 0.25) is 0 Å². The van der Waals surface area contributed by atoms with E-state index in [1.54, 1.807) is 12.1 Å². The van der Waals surface area contributed by atoms with Crippen molar-refractivity contribution in [2.45, 2.75) is 6.54 Å². The van der Waals surface area contributed by atoms with Crippen LogP contribution < -0.4 is 48.7 Å². The molecule has 4 rings (SSSR count). The first kappa shape index (κ1) is 21.2. The second-order valence-electron chi connectivity index (χ2n) is 6.55. The molecule has 0 saturated carbocycles. The van der Waals surface area contributed by atoms with Crippen molar-refractivity contribution >= 4 is 21.7 Å². The molecule has 28 heavy (non-hydrogen) atoms. The van der Waals surface area contributed by atoms with Crippen LogP contribution in [0.5, 0.6) is 11.5 Å². The Balaban J connectivity index is 0.00000225. The predicted octanol–water partition coefficient (Wildman–Crippen LogP) is -1.39. The van der Waals surface area contributed by atoms with E-state index in [0.29, 0.717) is 0 Å². The Labute approximate surface area is 186 Å². The van der Waals surface area contributed by atoms with E-state index in [-0.39, 0.29) is 42.0 Å². The van der Waals surface area contributed by atoms with Gasteiger partial charge in [0.15, 0.2) is 21.8 Å². The van der Waals surface area contributed by atoms with Crippen LogP contribution in [-0.4, -0.2) is 50.8 Å². The third-order valence-electron chi connectivity index (χ3n) is 4.69. The van der Waals surface area contributed by atoms with Gasteiger partial charge in [0.1, 0.15) is 0 Å². The van der Waals surface area contributed by atoms with Gasteiger partial charge in [0.25, 0.3) is 0 Å². The first-order valence-electron chi connectivity index (χ1n) is 8.66. The molecule has 1 N–H and O–H groups in total. The number of hydrogen-bond acceptors (Lipinski definition) is 7. The van der Waals surface area contributed by atoms with Crippen molar-refractivity contribution in [1.82, 2.24) is 4.90 Å². The van der Waals surface area contributed by atoms with Gasteiger partial charge < -0.3 is 18.9 Å². The number of piperazine rings is 1. The number of fused-ring (bicyclic) bond motifs is 1. The summed E-state index contributed by atoms with van der Waals surface area (Å²) in [5, 5.41) is 0. The van der Waals surface area contributed by atoms with Crippen molar-refractivity contribution in [3.8, 4) is 11.5 Å². The molecule has 10 heteroatoms. The van der Waals surface area contributed by atoms with Crippen LogP contribution in [0.25, 0.3) is 0 Å². The Morgan fingerprint density at radius 3 is 2.32 bits per heavy atom. The average molecular weight is 413 g/mol. The van der Waals surface area contributed by atoms with Crippen LogP contribution >= 0.6 is 0 Å². The average Bonchev–Trinajstić information content (AvgIpc) is 3.10. The zero-order valence-electron chi connectivity index (χ0n) is 15.6. The maximum atomic E-state index is 10.7. The van der Waals surface area contributed by atoms with Crippen molar-refractivity contribution in [3.05, 3.63) is 48.0 Å². The first-order valence-corrected chi connectivity index (χ1v) is 10.1. The van der Waals surface area contributed by atoms with E-state index in [1.165, 1.54) is 5.56 Å². The maximum absolute atomic E-state index is 10.7. The summed E-state index contributed by atoms with van der Waals surface area (Å²) in [6, 6.07) is 12.9. The maximum Gasteiger partial charge on any atom is 1.00 e. The van der Waals surface area contributed by atoms with E-state index in [2.05, 4.69) is 15.9 Å². The van der Waals surface area contributed by atoms with Gasteiger partial charge in [-0.1, -0.05) is 6.07 Å². The van der Waals surface area contributed by atoms with Gasteiger partial charge in [0.2, 0.25) is 6.79 Å². The van der Waals surface area contributed by atoms with Crippen LogP contribution in [0.15, 0.2) is 42.5 Å². The van der Waals surface area contributed by atoms with Gasteiger partial charge in [0.05, 0.1) is 0 Å². The molecule has 0 aromatic heterocycles. The first-order chi connectivity index (χ1) is 13.0. The van der Waals surface area contributed by atoms with Gasteiger partial charge >= 0.3 is 29.6 Å². The third-order valence-corrected chi connectivity index (χ3v) is 5.18. The molecule has 0 aliphatic carbocycles. The van der Waals surface area contributed by atoms with E-state index < -0.39 is 10.3 Å². The number of benzene rings is 2. The van der Waals surface area contributed by atoms with Crippen molar-refractivity contribution in [2.75, 3.05) is 42.6 Å². The molecular formula is C18H20N3NaO5S. The fourth-order valence-electron chi connectivity index (χ4n) is 3.35. The van der Waals surface area contributed by atoms with Crippen LogP contribution in [0.1, 0.15) is 5.56 Å². The summed E-state index contributed by atoms with van der Waals surface area (Å²) in [5.41, 5.74) is 2.48. The SMILES string of the molecule is O=S(=O)([O-])Nc1ccc(N2CCN(Cc3ccc4c(c3)OCO4)CC2)cc1.[Na+]. The predicted molar refractivity (Wildman–Crippen MR) is 99.8 cm³/mol. The minimum absolute atomic E-state index is 0. The van der Waals surface area contributed by atoms with Crippen LogP contribution in [0.3, 0.4) is 0 Å². The molecule has 2 heterocycles. The Morgan fingerprint density at radius 1 is 0.964 bits per heavy atom. The number of hydrogen-bond donors (Lipinski definition) is 1. The van der Waals surface area contributed by atoms with Crippen molar-refractivity contribution in [2.24, 2.45) is 0 Å². The summed E-state index contributed by atoms with van der Waals surface area (Å²) >= 11 is 0. The molecule has 0 radical (unpaired) electrons. The number of anilines is 2. The van der Waals surface area contributed by atoms with Crippen LogP contribution in [0, 0.1) is 0 Å². The molecule has 0 bridgehead atoms. The smallest absolute Gasteiger partial charge is 0.731 e. The molecule has 0 unspecified atom stereocenters. The largest absolute Gasteiger partial charge is 1.00 e. The zero-order valence-corrected chi connectivity index (χ0v) is 18.4. The molecule has 2 aromatic rings. The standard InChI is InChI=1S/C18H21N3O5S.Na/c22-27(23,24)19-15-2-4-16(5-3-15)21-9-7-20(8-10-21)12-14-1-6-17-18(11-14)26-13-25-17;/h1-6,11,19H,7-10,12-13H2,(H,22,23,24);/q;+1/p-1. The fourth-order valence-corrected chi connectivity index (χ4v) is 3.77. The van der Waals surface area contributed by atoms with E-state index in [1.807, 2.05) is 29.0 Å². The van der Waals surface area contributed by atoms with Gasteiger partial charge in [-0.2, -0.15) is 0 Å². The topological polar surface area (TPSA) is 94.2 Å². The van der Waals surface area contributed by atoms with Gasteiger partial charge in [0, 0.05) is 44.1 Å². The number of nitrogens with one attached hydrogen (secondary N) is 1. The fraction of sp³-hybridized carbons (Fsp3) is 0.333. The number of nitrogens with zero attached hydrogens (tertiary/aromatic N) is 2. The van der Waals surface area contributed by atoms with Gasteiger partial charge in [-0.25, -0.2) is 8.42 Å². The van der Waals surface area contributed by atoms with Crippen molar-refractivity contribution in [3.63, 3.8) is 0 Å². The minimum atomic E-state index is -4.49. The summed E-state index contributed by atoms with van der Waals surface area (Å²) in [4.78, 5) is 4.62. The minimum Gasteiger partial charge on any atom is -0.731 e. The molecule has 2 aliphatic heterocycles. The van der Waals surface area contributed by atoms with Crippen molar-refractivity contribution < 1.29 is 52.0 Å². The Kier molecular flexibility index (Phi) is 6.74. The van der Waals surface area contributed by atoms with E-state index in [9.17, 15) is 13.0 Å². The molecule has 1 fully saturated rings. The quantitative estimate of drug-likeness (QED) is 0.477. The van der Waals surface area contributed by atoms with E-state index in [0.717, 1.165) is 49.9 Å². The molecule has 1 saturated heterocycles. The third kappa shape index (κ3) is 5.31. The summed E-state index contributed by atoms with van der Waals surface area (Å²) in [6.45, 7) is 4.72. The van der Waals surface area contributed by atoms with Gasteiger partial charge in [-0.15, -0.1) is 0 Å². The van der Waals surface area contributed by atoms with E-state index >= 15 is 0 Å². The molecular weight excluding hydrogens is 393 g/mol. The molecule has 8 nitrogen and oxygen atoms in total. The monoisotopic (exact) mass is 413 g/mol.